The van der Waals surface area contributed by atoms with Gasteiger partial charge < -0.3 is 4.43 Å². The van der Waals surface area contributed by atoms with Crippen LogP contribution in [0.1, 0.15) is 57.3 Å². The lowest BCUT2D eigenvalue weighted by Gasteiger charge is -2.51. The van der Waals surface area contributed by atoms with Gasteiger partial charge in [-0.05, 0) is 70.5 Å². The standard InChI is InChI=1S/C24H24OSi/c1-7-19-15(4)14(3)16(5)22-17(6)24(8-2,23(19)22)25-26-21-13-18-11-9-10-12-20(18)21/h7-13,17H,1-2H2,3-6H3. The molecule has 0 heterocycles. The summed E-state index contributed by atoms with van der Waals surface area (Å²) in [5.74, 6) is 0.302. The molecule has 0 saturated carbocycles. The fourth-order valence-corrected chi connectivity index (χ4v) is 5.68. The molecule has 130 valence electrons. The minimum Gasteiger partial charge on any atom is -0.398 e. The molecule has 2 heteroatoms. The van der Waals surface area contributed by atoms with Gasteiger partial charge in [-0.3, -0.25) is 0 Å². The van der Waals surface area contributed by atoms with Crippen LogP contribution in [0.4, 0.5) is 0 Å². The third-order valence-corrected chi connectivity index (χ3v) is 7.40. The van der Waals surface area contributed by atoms with Crippen LogP contribution in [0.2, 0.25) is 0 Å². The maximum atomic E-state index is 6.60. The molecule has 0 aliphatic heterocycles. The first-order valence-corrected chi connectivity index (χ1v) is 10.0. The van der Waals surface area contributed by atoms with Gasteiger partial charge in [-0.1, -0.05) is 62.6 Å². The Morgan fingerprint density at radius 3 is 2.46 bits per heavy atom. The van der Waals surface area contributed by atoms with Crippen LogP contribution in [0, 0.1) is 20.8 Å². The lowest BCUT2D eigenvalue weighted by molar-refractivity contribution is 0.0707. The summed E-state index contributed by atoms with van der Waals surface area (Å²) >= 11 is 0. The van der Waals surface area contributed by atoms with E-state index in [1.165, 1.54) is 49.7 Å². The van der Waals surface area contributed by atoms with Crippen molar-refractivity contribution in [1.82, 2.24) is 0 Å². The van der Waals surface area contributed by atoms with Gasteiger partial charge in [0.25, 0.3) is 9.76 Å². The van der Waals surface area contributed by atoms with Gasteiger partial charge in [0, 0.05) is 5.92 Å². The van der Waals surface area contributed by atoms with Crippen molar-refractivity contribution in [2.24, 2.45) is 0 Å². The zero-order valence-electron chi connectivity index (χ0n) is 15.9. The Kier molecular flexibility index (Phi) is 3.94. The normalized spacial score (nSPS) is 22.5. The second kappa shape index (κ2) is 5.93. The van der Waals surface area contributed by atoms with Crippen molar-refractivity contribution >= 4 is 27.1 Å². The molecule has 1 nitrogen and oxygen atoms in total. The van der Waals surface area contributed by atoms with E-state index in [4.69, 9.17) is 4.43 Å². The Morgan fingerprint density at radius 1 is 1.08 bits per heavy atom. The summed E-state index contributed by atoms with van der Waals surface area (Å²) in [5.41, 5.74) is 10.1. The van der Waals surface area contributed by atoms with E-state index in [0.717, 1.165) is 0 Å². The summed E-state index contributed by atoms with van der Waals surface area (Å²) in [6, 6.07) is 8.49. The quantitative estimate of drug-likeness (QED) is 0.479. The van der Waals surface area contributed by atoms with Crippen molar-refractivity contribution in [3.8, 4) is 0 Å². The van der Waals surface area contributed by atoms with E-state index in [-0.39, 0.29) is 0 Å². The summed E-state index contributed by atoms with van der Waals surface area (Å²) in [6.45, 7) is 17.1. The van der Waals surface area contributed by atoms with Crippen LogP contribution in [0.3, 0.4) is 0 Å². The molecule has 4 rings (SSSR count). The minimum absolute atomic E-state index is 0.302. The largest absolute Gasteiger partial charge is 0.398 e. The highest BCUT2D eigenvalue weighted by Gasteiger charge is 2.51. The first kappa shape index (κ1) is 17.3. The van der Waals surface area contributed by atoms with Gasteiger partial charge in [0.2, 0.25) is 0 Å². The van der Waals surface area contributed by atoms with Crippen molar-refractivity contribution in [1.29, 1.82) is 0 Å². The summed E-state index contributed by atoms with van der Waals surface area (Å²) < 4.78 is 6.60. The predicted molar refractivity (Wildman–Crippen MR) is 112 cm³/mol. The zero-order chi connectivity index (χ0) is 18.6. The molecule has 2 unspecified atom stereocenters. The van der Waals surface area contributed by atoms with E-state index in [2.05, 4.69) is 71.2 Å². The molecule has 0 spiro atoms. The van der Waals surface area contributed by atoms with Crippen molar-refractivity contribution in [2.45, 2.75) is 39.2 Å². The van der Waals surface area contributed by atoms with Crippen LogP contribution >= 0.6 is 0 Å². The van der Waals surface area contributed by atoms with Crippen molar-refractivity contribution in [3.63, 3.8) is 0 Å². The summed E-state index contributed by atoms with van der Waals surface area (Å²) in [6.07, 6.45) is 6.21. The molecule has 0 bridgehead atoms. The second-order valence-electron chi connectivity index (χ2n) is 7.35. The lowest BCUT2D eigenvalue weighted by Crippen LogP contribution is -2.46. The Bertz CT molecular complexity index is 982. The van der Waals surface area contributed by atoms with E-state index in [1.54, 1.807) is 0 Å². The summed E-state index contributed by atoms with van der Waals surface area (Å²) in [7, 11) is 0.318. The van der Waals surface area contributed by atoms with Gasteiger partial charge >= 0.3 is 0 Å². The van der Waals surface area contributed by atoms with Gasteiger partial charge in [-0.15, -0.1) is 0 Å². The zero-order valence-corrected chi connectivity index (χ0v) is 16.9. The average Bonchev–Trinajstić information content (AvgIpc) is 2.63. The Labute approximate surface area is 159 Å². The van der Waals surface area contributed by atoms with Crippen LogP contribution in [0.25, 0.3) is 17.3 Å². The molecule has 0 fully saturated rings. The predicted octanol–water partition coefficient (Wildman–Crippen LogP) is 5.90. The van der Waals surface area contributed by atoms with E-state index in [1.807, 2.05) is 12.2 Å². The van der Waals surface area contributed by atoms with Crippen molar-refractivity contribution in [2.75, 3.05) is 0 Å². The first-order chi connectivity index (χ1) is 12.5. The molecule has 0 amide bonds. The van der Waals surface area contributed by atoms with Gasteiger partial charge in [0.15, 0.2) is 0 Å². The van der Waals surface area contributed by atoms with E-state index in [9.17, 15) is 0 Å². The van der Waals surface area contributed by atoms with Crippen LogP contribution in [0.5, 0.6) is 0 Å². The number of fused-ring (bicyclic) bond motifs is 2. The Morgan fingerprint density at radius 2 is 1.81 bits per heavy atom. The van der Waals surface area contributed by atoms with E-state index < -0.39 is 5.60 Å². The highest BCUT2D eigenvalue weighted by molar-refractivity contribution is 6.59. The molecule has 0 aromatic heterocycles. The molecule has 2 aromatic carbocycles. The molecule has 2 radical (unpaired) electrons. The first-order valence-electron chi connectivity index (χ1n) is 9.11. The van der Waals surface area contributed by atoms with Crippen LogP contribution in [-0.2, 0) is 10.0 Å². The third-order valence-electron chi connectivity index (χ3n) is 6.33. The maximum Gasteiger partial charge on any atom is 0.271 e. The van der Waals surface area contributed by atoms with Crippen LogP contribution < -0.4 is 0 Å². The van der Waals surface area contributed by atoms with Gasteiger partial charge in [0.1, 0.15) is 5.60 Å². The maximum absolute atomic E-state index is 6.60. The number of benzene rings is 2. The molecule has 0 N–H and O–H groups in total. The molecule has 2 aliphatic rings. The van der Waals surface area contributed by atoms with Crippen molar-refractivity contribution < 1.29 is 4.43 Å². The molecule has 0 saturated heterocycles. The molecular weight excluding hydrogens is 332 g/mol. The Balaban J connectivity index is 1.72. The fourth-order valence-electron chi connectivity index (χ4n) is 4.48. The number of hydrogen-bond acceptors (Lipinski definition) is 1. The van der Waals surface area contributed by atoms with Crippen LogP contribution in [0.15, 0.2) is 43.5 Å². The number of hydrogen-bond donors (Lipinski definition) is 0. The lowest BCUT2D eigenvalue weighted by atomic mass is 9.60. The summed E-state index contributed by atoms with van der Waals surface area (Å²) in [5, 5.41) is 1.29. The van der Waals surface area contributed by atoms with Gasteiger partial charge in [0.05, 0.1) is 0 Å². The minimum atomic E-state index is -0.425. The second-order valence-corrected chi connectivity index (χ2v) is 8.30. The fraction of sp³-hybridized carbons (Fsp3) is 0.250. The van der Waals surface area contributed by atoms with Crippen molar-refractivity contribution in [3.05, 3.63) is 88.0 Å². The summed E-state index contributed by atoms with van der Waals surface area (Å²) in [4.78, 5) is 0. The van der Waals surface area contributed by atoms with Gasteiger partial charge in [-0.25, -0.2) is 0 Å². The molecule has 2 atom stereocenters. The SMILES string of the molecule is C=Cc1c(C)c(C)c(C)c2c1C(C=C)(O[Si]C1=Cc3ccccc31)C2C. The van der Waals surface area contributed by atoms with Crippen LogP contribution in [-0.4, -0.2) is 9.76 Å². The van der Waals surface area contributed by atoms with Gasteiger partial charge in [-0.2, -0.15) is 0 Å². The highest BCUT2D eigenvalue weighted by atomic mass is 28.2. The van der Waals surface area contributed by atoms with E-state index in [0.29, 0.717) is 15.7 Å². The number of rotatable bonds is 5. The highest BCUT2D eigenvalue weighted by Crippen LogP contribution is 2.57. The monoisotopic (exact) mass is 356 g/mol. The smallest absolute Gasteiger partial charge is 0.271 e. The average molecular weight is 357 g/mol. The molecule has 2 aromatic rings. The topological polar surface area (TPSA) is 9.23 Å². The molecular formula is C24H24OSi. The third kappa shape index (κ3) is 2.06. The van der Waals surface area contributed by atoms with E-state index >= 15 is 0 Å². The Hall–Kier alpha value is -2.16. The molecule has 26 heavy (non-hydrogen) atoms. The molecule has 2 aliphatic carbocycles.